The first-order chi connectivity index (χ1) is 7.59. The topological polar surface area (TPSA) is 20.2 Å². The van der Waals surface area contributed by atoms with E-state index in [0.29, 0.717) is 17.9 Å². The lowest BCUT2D eigenvalue weighted by atomic mass is 9.93. The molecule has 1 nitrogen and oxygen atoms in total. The van der Waals surface area contributed by atoms with Gasteiger partial charge in [-0.3, -0.25) is 0 Å². The molecule has 2 unspecified atom stereocenters. The molecule has 1 saturated carbocycles. The fourth-order valence-corrected chi connectivity index (χ4v) is 2.25. The van der Waals surface area contributed by atoms with Crippen molar-refractivity contribution in [2.75, 3.05) is 0 Å². The minimum absolute atomic E-state index is 0.128. The van der Waals surface area contributed by atoms with Crippen molar-refractivity contribution in [3.05, 3.63) is 34.6 Å². The number of halogens is 2. The highest BCUT2D eigenvalue weighted by Gasteiger charge is 2.32. The standard InChI is InChI=1S/C13H16ClFO/c1-8(9-5-6-9)12(16)7-10-3-2-4-11(14)13(10)15/h2-4,8-9,12,16H,5-7H2,1H3. The average molecular weight is 243 g/mol. The Labute approximate surface area is 100 Å². The lowest BCUT2D eigenvalue weighted by Gasteiger charge is -2.18. The molecule has 1 aromatic carbocycles. The summed E-state index contributed by atoms with van der Waals surface area (Å²) in [6.45, 7) is 2.03. The van der Waals surface area contributed by atoms with E-state index < -0.39 is 11.9 Å². The number of rotatable bonds is 4. The first-order valence-electron chi connectivity index (χ1n) is 5.70. The third-order valence-corrected chi connectivity index (χ3v) is 3.73. The lowest BCUT2D eigenvalue weighted by Crippen LogP contribution is -2.22. The van der Waals surface area contributed by atoms with Crippen LogP contribution < -0.4 is 0 Å². The van der Waals surface area contributed by atoms with Crippen LogP contribution in [0.4, 0.5) is 4.39 Å². The second kappa shape index (κ2) is 4.72. The van der Waals surface area contributed by atoms with E-state index in [1.54, 1.807) is 12.1 Å². The largest absolute Gasteiger partial charge is 0.392 e. The summed E-state index contributed by atoms with van der Waals surface area (Å²) in [6, 6.07) is 4.93. The van der Waals surface area contributed by atoms with Crippen molar-refractivity contribution in [3.8, 4) is 0 Å². The first-order valence-corrected chi connectivity index (χ1v) is 6.08. The van der Waals surface area contributed by atoms with Crippen LogP contribution in [0.3, 0.4) is 0 Å². The van der Waals surface area contributed by atoms with Crippen LogP contribution >= 0.6 is 11.6 Å². The molecule has 2 atom stereocenters. The van der Waals surface area contributed by atoms with Gasteiger partial charge in [0.05, 0.1) is 11.1 Å². The van der Waals surface area contributed by atoms with Gasteiger partial charge in [-0.1, -0.05) is 30.7 Å². The van der Waals surface area contributed by atoms with Crippen LogP contribution in [0.15, 0.2) is 18.2 Å². The van der Waals surface area contributed by atoms with Crippen LogP contribution in [0.5, 0.6) is 0 Å². The molecule has 1 N–H and O–H groups in total. The zero-order valence-corrected chi connectivity index (χ0v) is 10.0. The van der Waals surface area contributed by atoms with Gasteiger partial charge in [0.25, 0.3) is 0 Å². The summed E-state index contributed by atoms with van der Waals surface area (Å²) in [5, 5.41) is 10.1. The van der Waals surface area contributed by atoms with Crippen LogP contribution in [0.25, 0.3) is 0 Å². The van der Waals surface area contributed by atoms with Gasteiger partial charge in [0, 0.05) is 6.42 Å². The molecule has 88 valence electrons. The zero-order valence-electron chi connectivity index (χ0n) is 9.29. The van der Waals surface area contributed by atoms with Crippen molar-refractivity contribution in [2.45, 2.75) is 32.3 Å². The fraction of sp³-hybridized carbons (Fsp3) is 0.538. The smallest absolute Gasteiger partial charge is 0.145 e. The molecule has 3 heteroatoms. The highest BCUT2D eigenvalue weighted by atomic mass is 35.5. The van der Waals surface area contributed by atoms with Gasteiger partial charge in [0.15, 0.2) is 0 Å². The normalized spacial score (nSPS) is 19.5. The van der Waals surface area contributed by atoms with E-state index >= 15 is 0 Å². The van der Waals surface area contributed by atoms with Gasteiger partial charge in [0.2, 0.25) is 0 Å². The van der Waals surface area contributed by atoms with Crippen molar-refractivity contribution in [1.29, 1.82) is 0 Å². The predicted octanol–water partition coefficient (Wildman–Crippen LogP) is 3.43. The summed E-state index contributed by atoms with van der Waals surface area (Å²) in [7, 11) is 0. The highest BCUT2D eigenvalue weighted by Crippen LogP contribution is 2.39. The first kappa shape index (κ1) is 11.9. The summed E-state index contributed by atoms with van der Waals surface area (Å²) < 4.78 is 13.6. The van der Waals surface area contributed by atoms with Crippen molar-refractivity contribution in [1.82, 2.24) is 0 Å². The van der Waals surface area contributed by atoms with Gasteiger partial charge < -0.3 is 5.11 Å². The molecular weight excluding hydrogens is 227 g/mol. The summed E-state index contributed by atoms with van der Waals surface area (Å²) in [5.41, 5.74) is 0.507. The predicted molar refractivity (Wildman–Crippen MR) is 63.0 cm³/mol. The minimum atomic E-state index is -0.472. The summed E-state index contributed by atoms with van der Waals surface area (Å²) in [4.78, 5) is 0. The van der Waals surface area contributed by atoms with E-state index in [9.17, 15) is 9.50 Å². The van der Waals surface area contributed by atoms with Gasteiger partial charge in [-0.2, -0.15) is 0 Å². The van der Waals surface area contributed by atoms with Gasteiger partial charge in [-0.25, -0.2) is 4.39 Å². The number of hydrogen-bond acceptors (Lipinski definition) is 1. The van der Waals surface area contributed by atoms with E-state index in [1.165, 1.54) is 18.9 Å². The molecule has 0 amide bonds. The molecule has 16 heavy (non-hydrogen) atoms. The monoisotopic (exact) mass is 242 g/mol. The van der Waals surface area contributed by atoms with Crippen molar-refractivity contribution < 1.29 is 9.50 Å². The Hall–Kier alpha value is -0.600. The third kappa shape index (κ3) is 2.55. The number of benzene rings is 1. The lowest BCUT2D eigenvalue weighted by molar-refractivity contribution is 0.104. The SMILES string of the molecule is CC(C(O)Cc1cccc(Cl)c1F)C1CC1. The molecule has 1 aliphatic rings. The van der Waals surface area contributed by atoms with E-state index in [0.717, 1.165) is 0 Å². The van der Waals surface area contributed by atoms with Gasteiger partial charge in [-0.05, 0) is 36.3 Å². The van der Waals surface area contributed by atoms with Crippen molar-refractivity contribution in [3.63, 3.8) is 0 Å². The molecule has 0 bridgehead atoms. The number of hydrogen-bond donors (Lipinski definition) is 1. The zero-order chi connectivity index (χ0) is 11.7. The molecule has 1 aliphatic carbocycles. The molecule has 0 heterocycles. The maximum absolute atomic E-state index is 13.6. The Morgan fingerprint density at radius 1 is 1.50 bits per heavy atom. The Morgan fingerprint density at radius 3 is 2.81 bits per heavy atom. The molecule has 1 aromatic rings. The molecular formula is C13H16ClFO. The Balaban J connectivity index is 2.05. The van der Waals surface area contributed by atoms with Crippen LogP contribution in [0.2, 0.25) is 5.02 Å². The fourth-order valence-electron chi connectivity index (χ4n) is 2.05. The Morgan fingerprint density at radius 2 is 2.19 bits per heavy atom. The second-order valence-corrected chi connectivity index (χ2v) is 5.09. The van der Waals surface area contributed by atoms with Gasteiger partial charge >= 0.3 is 0 Å². The maximum Gasteiger partial charge on any atom is 0.145 e. The van der Waals surface area contributed by atoms with Crippen LogP contribution in [-0.4, -0.2) is 11.2 Å². The molecule has 0 saturated heterocycles. The number of aliphatic hydroxyl groups excluding tert-OH is 1. The van der Waals surface area contributed by atoms with E-state index in [4.69, 9.17) is 11.6 Å². The quantitative estimate of drug-likeness (QED) is 0.858. The molecule has 1 fully saturated rings. The van der Waals surface area contributed by atoms with Crippen molar-refractivity contribution >= 4 is 11.6 Å². The molecule has 0 radical (unpaired) electrons. The minimum Gasteiger partial charge on any atom is -0.392 e. The van der Waals surface area contributed by atoms with Gasteiger partial charge in [0.1, 0.15) is 5.82 Å². The summed E-state index contributed by atoms with van der Waals surface area (Å²) in [5.74, 6) is 0.474. The summed E-state index contributed by atoms with van der Waals surface area (Å²) >= 11 is 5.70. The van der Waals surface area contributed by atoms with E-state index in [1.807, 2.05) is 6.92 Å². The van der Waals surface area contributed by atoms with Crippen LogP contribution in [-0.2, 0) is 6.42 Å². The van der Waals surface area contributed by atoms with Crippen LogP contribution in [0, 0.1) is 17.7 Å². The third-order valence-electron chi connectivity index (χ3n) is 3.43. The van der Waals surface area contributed by atoms with E-state index in [2.05, 4.69) is 0 Å². The second-order valence-electron chi connectivity index (χ2n) is 4.68. The maximum atomic E-state index is 13.6. The van der Waals surface area contributed by atoms with Crippen molar-refractivity contribution in [2.24, 2.45) is 11.8 Å². The van der Waals surface area contributed by atoms with E-state index in [-0.39, 0.29) is 10.9 Å². The molecule has 2 rings (SSSR count). The summed E-state index contributed by atoms with van der Waals surface area (Å²) in [6.07, 6.45) is 2.26. The molecule has 0 aliphatic heterocycles. The van der Waals surface area contributed by atoms with Crippen LogP contribution in [0.1, 0.15) is 25.3 Å². The van der Waals surface area contributed by atoms with Gasteiger partial charge in [-0.15, -0.1) is 0 Å². The Bertz CT molecular complexity index is 376. The Kier molecular flexibility index (Phi) is 3.50. The average Bonchev–Trinajstić information content (AvgIpc) is 3.07. The number of aliphatic hydroxyl groups is 1. The molecule has 0 spiro atoms. The highest BCUT2D eigenvalue weighted by molar-refractivity contribution is 6.30. The molecule has 0 aromatic heterocycles.